The average Bonchev–Trinajstić information content (AvgIpc) is 2.98. The molecule has 4 rings (SSSR count). The van der Waals surface area contributed by atoms with Gasteiger partial charge >= 0.3 is 0 Å². The Hall–Kier alpha value is -1.04. The van der Waals surface area contributed by atoms with Crippen LogP contribution in [0.15, 0.2) is 35.9 Å². The zero-order valence-corrected chi connectivity index (χ0v) is 11.9. The third-order valence-corrected chi connectivity index (χ3v) is 5.88. The molecule has 0 aliphatic heterocycles. The number of allylic oxidation sites excluding steroid dienone is 2. The number of benzene rings is 1. The summed E-state index contributed by atoms with van der Waals surface area (Å²) < 4.78 is 0. The van der Waals surface area contributed by atoms with Crippen molar-refractivity contribution in [1.29, 1.82) is 0 Å². The van der Waals surface area contributed by atoms with Gasteiger partial charge in [0.15, 0.2) is 0 Å². The van der Waals surface area contributed by atoms with Crippen LogP contribution in [0, 0.1) is 23.7 Å². The molecule has 1 aromatic carbocycles. The van der Waals surface area contributed by atoms with Gasteiger partial charge in [0.25, 0.3) is 0 Å². The first-order valence-corrected chi connectivity index (χ1v) is 8.18. The summed E-state index contributed by atoms with van der Waals surface area (Å²) in [5.41, 5.74) is 5.15. The molecule has 0 aromatic heterocycles. The summed E-state index contributed by atoms with van der Waals surface area (Å²) >= 11 is 0. The maximum Gasteiger partial charge on any atom is -0.00594 e. The summed E-state index contributed by atoms with van der Waals surface area (Å²) in [6, 6.07) is 11.2. The number of hydrogen-bond acceptors (Lipinski definition) is 0. The largest absolute Gasteiger partial charge is 0.0654 e. The summed E-state index contributed by atoms with van der Waals surface area (Å²) in [4.78, 5) is 0. The van der Waals surface area contributed by atoms with E-state index >= 15 is 0 Å². The Labute approximate surface area is 116 Å². The van der Waals surface area contributed by atoms with Crippen molar-refractivity contribution in [2.75, 3.05) is 0 Å². The van der Waals surface area contributed by atoms with Crippen LogP contribution in [0.1, 0.15) is 51.0 Å². The van der Waals surface area contributed by atoms with Gasteiger partial charge in [-0.15, -0.1) is 0 Å². The molecule has 4 unspecified atom stereocenters. The first-order chi connectivity index (χ1) is 9.40. The molecule has 0 N–H and O–H groups in total. The maximum atomic E-state index is 2.34. The number of unbranched alkanes of at least 4 members (excludes halogenated alkanes) is 1. The van der Waals surface area contributed by atoms with E-state index in [-0.39, 0.29) is 0 Å². The highest BCUT2D eigenvalue weighted by Gasteiger charge is 2.56. The van der Waals surface area contributed by atoms with Crippen LogP contribution in [0.5, 0.6) is 0 Å². The van der Waals surface area contributed by atoms with Gasteiger partial charge in [0.2, 0.25) is 0 Å². The fourth-order valence-electron chi connectivity index (χ4n) is 5.17. The van der Waals surface area contributed by atoms with Crippen molar-refractivity contribution < 1.29 is 0 Å². The van der Waals surface area contributed by atoms with Crippen molar-refractivity contribution in [3.8, 4) is 0 Å². The van der Waals surface area contributed by atoms with E-state index in [2.05, 4.69) is 37.3 Å². The van der Waals surface area contributed by atoms with Crippen LogP contribution < -0.4 is 0 Å². The molecule has 0 radical (unpaired) electrons. The highest BCUT2D eigenvalue weighted by Crippen LogP contribution is 2.66. The Balaban J connectivity index is 1.72. The Bertz CT molecular complexity index is 496. The van der Waals surface area contributed by atoms with Crippen LogP contribution in [-0.4, -0.2) is 0 Å². The lowest BCUT2D eigenvalue weighted by atomic mass is 9.58. The molecule has 2 fully saturated rings. The lowest BCUT2D eigenvalue weighted by Crippen LogP contribution is -2.35. The second kappa shape index (κ2) is 4.51. The minimum Gasteiger partial charge on any atom is -0.0654 e. The number of hydrogen-bond donors (Lipinski definition) is 0. The second-order valence-corrected chi connectivity index (χ2v) is 6.79. The average molecular weight is 252 g/mol. The van der Waals surface area contributed by atoms with E-state index in [1.54, 1.807) is 5.57 Å². The van der Waals surface area contributed by atoms with Crippen LogP contribution in [0.4, 0.5) is 0 Å². The van der Waals surface area contributed by atoms with E-state index < -0.39 is 0 Å². The predicted molar refractivity (Wildman–Crippen MR) is 80.7 cm³/mol. The van der Waals surface area contributed by atoms with E-state index in [9.17, 15) is 0 Å². The monoisotopic (exact) mass is 252 g/mol. The van der Waals surface area contributed by atoms with E-state index in [0.29, 0.717) is 0 Å². The molecular weight excluding hydrogens is 228 g/mol. The lowest BCUT2D eigenvalue weighted by molar-refractivity contribution is 0.272. The van der Waals surface area contributed by atoms with Gasteiger partial charge in [0, 0.05) is 0 Å². The Morgan fingerprint density at radius 3 is 2.47 bits per heavy atom. The molecular formula is C19H24. The molecule has 0 heterocycles. The molecule has 0 heteroatoms. The van der Waals surface area contributed by atoms with Crippen LogP contribution in [0.25, 0.3) is 5.57 Å². The van der Waals surface area contributed by atoms with Gasteiger partial charge in [0.1, 0.15) is 0 Å². The summed E-state index contributed by atoms with van der Waals surface area (Å²) in [6.07, 6.45) is 8.63. The van der Waals surface area contributed by atoms with Crippen molar-refractivity contribution in [2.45, 2.75) is 45.4 Å². The highest BCUT2D eigenvalue weighted by molar-refractivity contribution is 5.78. The topological polar surface area (TPSA) is 0 Å². The van der Waals surface area contributed by atoms with Gasteiger partial charge in [-0.05, 0) is 66.9 Å². The summed E-state index contributed by atoms with van der Waals surface area (Å²) in [6.45, 7) is 2.32. The van der Waals surface area contributed by atoms with Crippen molar-refractivity contribution >= 4 is 5.57 Å². The Kier molecular flexibility index (Phi) is 2.79. The molecule has 2 saturated carbocycles. The number of fused-ring (bicyclic) bond motifs is 5. The van der Waals surface area contributed by atoms with E-state index in [4.69, 9.17) is 0 Å². The molecule has 19 heavy (non-hydrogen) atoms. The molecule has 3 aliphatic rings. The molecule has 1 aromatic rings. The Morgan fingerprint density at radius 1 is 1.00 bits per heavy atom. The molecule has 2 bridgehead atoms. The Morgan fingerprint density at radius 2 is 1.74 bits per heavy atom. The van der Waals surface area contributed by atoms with Crippen molar-refractivity contribution in [1.82, 2.24) is 0 Å². The fourth-order valence-corrected chi connectivity index (χ4v) is 5.17. The van der Waals surface area contributed by atoms with Gasteiger partial charge in [0.05, 0.1) is 0 Å². The molecule has 0 spiro atoms. The zero-order chi connectivity index (χ0) is 12.8. The fraction of sp³-hybridized carbons (Fsp3) is 0.579. The van der Waals surface area contributed by atoms with Gasteiger partial charge in [-0.1, -0.05) is 49.2 Å². The highest BCUT2D eigenvalue weighted by atomic mass is 14.6. The van der Waals surface area contributed by atoms with Crippen molar-refractivity contribution in [3.63, 3.8) is 0 Å². The molecule has 0 nitrogen and oxygen atoms in total. The SMILES string of the molecule is CCCCC1=C(c2ccccc2)C2C3CCC(C3)C12. The summed E-state index contributed by atoms with van der Waals surface area (Å²) in [5, 5.41) is 0. The zero-order valence-electron chi connectivity index (χ0n) is 11.9. The molecule has 0 saturated heterocycles. The first-order valence-electron chi connectivity index (χ1n) is 8.18. The van der Waals surface area contributed by atoms with E-state index in [0.717, 1.165) is 23.7 Å². The van der Waals surface area contributed by atoms with Gasteiger partial charge in [-0.2, -0.15) is 0 Å². The summed E-state index contributed by atoms with van der Waals surface area (Å²) in [7, 11) is 0. The standard InChI is InChI=1S/C19H24/c1-2-3-9-16-17(13-7-5-4-6-8-13)19-15-11-10-14(12-15)18(16)19/h4-8,14-15,18-19H,2-3,9-12H2,1H3. The van der Waals surface area contributed by atoms with Crippen molar-refractivity contribution in [2.24, 2.45) is 23.7 Å². The van der Waals surface area contributed by atoms with Gasteiger partial charge < -0.3 is 0 Å². The van der Waals surface area contributed by atoms with Gasteiger partial charge in [-0.25, -0.2) is 0 Å². The molecule has 100 valence electrons. The lowest BCUT2D eigenvalue weighted by Gasteiger charge is -2.46. The van der Waals surface area contributed by atoms with E-state index in [1.165, 1.54) is 44.1 Å². The first kappa shape index (κ1) is 11.8. The molecule has 3 aliphatic carbocycles. The molecule has 0 amide bonds. The molecule has 4 atom stereocenters. The minimum atomic E-state index is 0.938. The van der Waals surface area contributed by atoms with E-state index in [1.807, 2.05) is 5.57 Å². The smallest absolute Gasteiger partial charge is 0.00594 e. The third-order valence-electron chi connectivity index (χ3n) is 5.88. The van der Waals surface area contributed by atoms with Crippen LogP contribution in [0.2, 0.25) is 0 Å². The third kappa shape index (κ3) is 1.65. The minimum absolute atomic E-state index is 0.938. The van der Waals surface area contributed by atoms with Crippen molar-refractivity contribution in [3.05, 3.63) is 41.5 Å². The second-order valence-electron chi connectivity index (χ2n) is 6.79. The number of rotatable bonds is 4. The van der Waals surface area contributed by atoms with Crippen LogP contribution in [0.3, 0.4) is 0 Å². The maximum absolute atomic E-state index is 2.34. The summed E-state index contributed by atoms with van der Waals surface area (Å²) in [5.74, 6) is 4.00. The van der Waals surface area contributed by atoms with Gasteiger partial charge in [-0.3, -0.25) is 0 Å². The van der Waals surface area contributed by atoms with Crippen LogP contribution >= 0.6 is 0 Å². The van der Waals surface area contributed by atoms with Crippen LogP contribution in [-0.2, 0) is 0 Å². The quantitative estimate of drug-likeness (QED) is 0.681. The normalized spacial score (nSPS) is 35.4. The predicted octanol–water partition coefficient (Wildman–Crippen LogP) is 5.31.